The molecule has 0 bridgehead atoms. The largest absolute Gasteiger partial charge is 0.480 e. The van der Waals surface area contributed by atoms with E-state index in [0.717, 1.165) is 11.3 Å². The van der Waals surface area contributed by atoms with Crippen molar-refractivity contribution in [2.45, 2.75) is 52.0 Å². The summed E-state index contributed by atoms with van der Waals surface area (Å²) in [6, 6.07) is -0.984. The van der Waals surface area contributed by atoms with E-state index in [4.69, 9.17) is 0 Å². The molecule has 0 aromatic carbocycles. The fourth-order valence-corrected chi connectivity index (χ4v) is 2.38. The molecule has 5 nitrogen and oxygen atoms in total. The van der Waals surface area contributed by atoms with Crippen LogP contribution in [-0.4, -0.2) is 33.8 Å². The lowest BCUT2D eigenvalue weighted by Crippen LogP contribution is -2.48. The van der Waals surface area contributed by atoms with E-state index >= 15 is 0 Å². The molecule has 1 saturated heterocycles. The molecule has 1 rings (SSSR count). The number of amides is 2. The number of carbonyl (C=O) groups excluding carboxylic acids is 2. The molecule has 1 N–H and O–H groups in total. The first kappa shape index (κ1) is 13.7. The van der Waals surface area contributed by atoms with Crippen LogP contribution in [-0.2, 0) is 14.4 Å². The van der Waals surface area contributed by atoms with Gasteiger partial charge in [0, 0.05) is 12.8 Å². The zero-order valence-electron chi connectivity index (χ0n) is 10.3. The lowest BCUT2D eigenvalue weighted by molar-refractivity contribution is -0.156. The second-order valence-corrected chi connectivity index (χ2v) is 4.40. The Kier molecular flexibility index (Phi) is 4.66. The number of rotatable bonds is 6. The molecule has 0 aliphatic carbocycles. The van der Waals surface area contributed by atoms with Crippen LogP contribution < -0.4 is 0 Å². The minimum absolute atomic E-state index is 0.144. The van der Waals surface area contributed by atoms with Crippen LogP contribution in [0.15, 0.2) is 0 Å². The highest BCUT2D eigenvalue weighted by Crippen LogP contribution is 2.25. The standard InChI is InChI=1S/C12H19NO4/c1-3-5-8(4-2)11(12(16)17)13-9(14)6-7-10(13)15/h8,11H,3-7H2,1-2H3,(H,16,17). The molecule has 1 aliphatic heterocycles. The molecule has 2 unspecified atom stereocenters. The number of carbonyl (C=O) groups is 3. The van der Waals surface area contributed by atoms with Crippen LogP contribution in [0.2, 0.25) is 0 Å². The maximum atomic E-state index is 11.6. The predicted molar refractivity (Wildman–Crippen MR) is 61.2 cm³/mol. The molecule has 1 aliphatic rings. The zero-order chi connectivity index (χ0) is 13.0. The van der Waals surface area contributed by atoms with Crippen LogP contribution in [0.3, 0.4) is 0 Å². The number of nitrogens with zero attached hydrogens (tertiary/aromatic N) is 1. The van der Waals surface area contributed by atoms with E-state index in [1.54, 1.807) is 0 Å². The van der Waals surface area contributed by atoms with Gasteiger partial charge in [-0.3, -0.25) is 14.5 Å². The summed E-state index contributed by atoms with van der Waals surface area (Å²) in [7, 11) is 0. The maximum absolute atomic E-state index is 11.6. The lowest BCUT2D eigenvalue weighted by atomic mass is 9.91. The molecule has 1 heterocycles. The van der Waals surface area contributed by atoms with Gasteiger partial charge in [-0.2, -0.15) is 0 Å². The van der Waals surface area contributed by atoms with Crippen molar-refractivity contribution in [3.63, 3.8) is 0 Å². The van der Waals surface area contributed by atoms with Crippen LogP contribution >= 0.6 is 0 Å². The molecule has 0 spiro atoms. The molecule has 17 heavy (non-hydrogen) atoms. The Balaban J connectivity index is 2.95. The Morgan fingerprint density at radius 2 is 1.82 bits per heavy atom. The number of carboxylic acid groups (broad SMARTS) is 1. The fraction of sp³-hybridized carbons (Fsp3) is 0.750. The summed E-state index contributed by atoms with van der Waals surface area (Å²) >= 11 is 0. The molecule has 0 radical (unpaired) electrons. The Bertz CT molecular complexity index is 310. The number of hydrogen-bond donors (Lipinski definition) is 1. The van der Waals surface area contributed by atoms with Crippen molar-refractivity contribution in [1.29, 1.82) is 0 Å². The number of carboxylic acids is 1. The molecule has 5 heteroatoms. The molecule has 2 atom stereocenters. The first-order valence-corrected chi connectivity index (χ1v) is 6.10. The summed E-state index contributed by atoms with van der Waals surface area (Å²) in [5.74, 6) is -1.92. The minimum atomic E-state index is -1.08. The van der Waals surface area contributed by atoms with Crippen LogP contribution in [0.5, 0.6) is 0 Å². The minimum Gasteiger partial charge on any atom is -0.480 e. The SMILES string of the molecule is CCCC(CC)C(C(=O)O)N1C(=O)CCC1=O. The normalized spacial score (nSPS) is 19.5. The first-order valence-electron chi connectivity index (χ1n) is 6.10. The Labute approximate surface area is 101 Å². The molecular formula is C12H19NO4. The van der Waals surface area contributed by atoms with Crippen molar-refractivity contribution in [2.24, 2.45) is 5.92 Å². The van der Waals surface area contributed by atoms with Crippen molar-refractivity contribution >= 4 is 17.8 Å². The Morgan fingerprint density at radius 3 is 2.18 bits per heavy atom. The molecule has 0 aromatic rings. The molecule has 2 amide bonds. The fourth-order valence-electron chi connectivity index (χ4n) is 2.38. The Morgan fingerprint density at radius 1 is 1.29 bits per heavy atom. The third kappa shape index (κ3) is 2.84. The van der Waals surface area contributed by atoms with E-state index in [2.05, 4.69) is 0 Å². The number of aliphatic carboxylic acids is 1. The van der Waals surface area contributed by atoms with E-state index < -0.39 is 12.0 Å². The van der Waals surface area contributed by atoms with Gasteiger partial charge in [0.1, 0.15) is 6.04 Å². The maximum Gasteiger partial charge on any atom is 0.327 e. The second-order valence-electron chi connectivity index (χ2n) is 4.40. The molecule has 96 valence electrons. The highest BCUT2D eigenvalue weighted by atomic mass is 16.4. The van der Waals surface area contributed by atoms with Gasteiger partial charge < -0.3 is 5.11 Å². The average Bonchev–Trinajstić information content (AvgIpc) is 2.59. The van der Waals surface area contributed by atoms with Gasteiger partial charge in [-0.1, -0.05) is 26.7 Å². The molecule has 1 fully saturated rings. The smallest absolute Gasteiger partial charge is 0.327 e. The van der Waals surface area contributed by atoms with Crippen molar-refractivity contribution in [3.05, 3.63) is 0 Å². The van der Waals surface area contributed by atoms with Crippen LogP contribution in [0, 0.1) is 5.92 Å². The molecule has 0 saturated carbocycles. The summed E-state index contributed by atoms with van der Waals surface area (Å²) in [6.45, 7) is 3.86. The van der Waals surface area contributed by atoms with Crippen LogP contribution in [0.25, 0.3) is 0 Å². The van der Waals surface area contributed by atoms with E-state index in [9.17, 15) is 19.5 Å². The highest BCUT2D eigenvalue weighted by molar-refractivity contribution is 6.04. The van der Waals surface area contributed by atoms with Gasteiger partial charge in [0.2, 0.25) is 11.8 Å². The van der Waals surface area contributed by atoms with Crippen molar-refractivity contribution in [3.8, 4) is 0 Å². The van der Waals surface area contributed by atoms with E-state index in [1.807, 2.05) is 13.8 Å². The van der Waals surface area contributed by atoms with Gasteiger partial charge in [0.25, 0.3) is 0 Å². The summed E-state index contributed by atoms with van der Waals surface area (Å²) in [5.41, 5.74) is 0. The second kappa shape index (κ2) is 5.80. The van der Waals surface area contributed by atoms with E-state index in [0.29, 0.717) is 12.8 Å². The van der Waals surface area contributed by atoms with E-state index in [1.165, 1.54) is 0 Å². The number of likely N-dealkylation sites (tertiary alicyclic amines) is 1. The average molecular weight is 241 g/mol. The third-order valence-electron chi connectivity index (χ3n) is 3.25. The highest BCUT2D eigenvalue weighted by Gasteiger charge is 2.42. The molecular weight excluding hydrogens is 222 g/mol. The topological polar surface area (TPSA) is 74.7 Å². The van der Waals surface area contributed by atoms with Gasteiger partial charge in [-0.05, 0) is 12.3 Å². The van der Waals surface area contributed by atoms with Crippen LogP contribution in [0.1, 0.15) is 46.0 Å². The third-order valence-corrected chi connectivity index (χ3v) is 3.25. The monoisotopic (exact) mass is 241 g/mol. The van der Waals surface area contributed by atoms with Gasteiger partial charge in [-0.15, -0.1) is 0 Å². The summed E-state index contributed by atoms with van der Waals surface area (Å²) in [5, 5.41) is 9.25. The zero-order valence-corrected chi connectivity index (χ0v) is 10.3. The lowest BCUT2D eigenvalue weighted by Gasteiger charge is -2.29. The summed E-state index contributed by atoms with van der Waals surface area (Å²) in [6.07, 6.45) is 2.50. The van der Waals surface area contributed by atoms with E-state index in [-0.39, 0.29) is 30.6 Å². The molecule has 0 aromatic heterocycles. The van der Waals surface area contributed by atoms with Crippen molar-refractivity contribution < 1.29 is 19.5 Å². The predicted octanol–water partition coefficient (Wildman–Crippen LogP) is 1.41. The van der Waals surface area contributed by atoms with Crippen LogP contribution in [0.4, 0.5) is 0 Å². The summed E-state index contributed by atoms with van der Waals surface area (Å²) in [4.78, 5) is 35.5. The Hall–Kier alpha value is -1.39. The summed E-state index contributed by atoms with van der Waals surface area (Å²) < 4.78 is 0. The first-order chi connectivity index (χ1) is 8.02. The number of hydrogen-bond acceptors (Lipinski definition) is 3. The van der Waals surface area contributed by atoms with Gasteiger partial charge in [0.15, 0.2) is 0 Å². The number of imide groups is 1. The van der Waals surface area contributed by atoms with Crippen molar-refractivity contribution in [2.75, 3.05) is 0 Å². The van der Waals surface area contributed by atoms with Crippen molar-refractivity contribution in [1.82, 2.24) is 4.90 Å². The quantitative estimate of drug-likeness (QED) is 0.713. The van der Waals surface area contributed by atoms with Gasteiger partial charge in [-0.25, -0.2) is 4.79 Å². The van der Waals surface area contributed by atoms with Gasteiger partial charge >= 0.3 is 5.97 Å². The van der Waals surface area contributed by atoms with Gasteiger partial charge in [0.05, 0.1) is 0 Å².